The largest absolute Gasteiger partial charge is 0.497 e. The summed E-state index contributed by atoms with van der Waals surface area (Å²) in [6, 6.07) is 7.98. The highest BCUT2D eigenvalue weighted by atomic mass is 19.1. The van der Waals surface area contributed by atoms with Crippen molar-refractivity contribution in [3.8, 4) is 17.2 Å². The molecule has 5 aromatic rings. The number of carbonyl (C=O) groups excluding carboxylic acids is 1. The lowest BCUT2D eigenvalue weighted by atomic mass is 10.1. The molecular weight excluding hydrogens is 536 g/mol. The minimum absolute atomic E-state index is 0.165. The van der Waals surface area contributed by atoms with Crippen molar-refractivity contribution < 1.29 is 27.8 Å². The molecule has 1 aliphatic heterocycles. The molecule has 0 aliphatic carbocycles. The Bertz CT molecular complexity index is 1760. The smallest absolute Gasteiger partial charge is 0.334 e. The summed E-state index contributed by atoms with van der Waals surface area (Å²) in [6.45, 7) is 0.258. The van der Waals surface area contributed by atoms with Gasteiger partial charge in [0.1, 0.15) is 11.4 Å². The average Bonchev–Trinajstić information content (AvgIpc) is 3.60. The van der Waals surface area contributed by atoms with Crippen LogP contribution < -0.4 is 24.0 Å². The van der Waals surface area contributed by atoms with Crippen LogP contribution in [0, 0.1) is 11.6 Å². The molecule has 0 saturated heterocycles. The van der Waals surface area contributed by atoms with Gasteiger partial charge in [0.15, 0.2) is 28.8 Å². The molecule has 0 fully saturated rings. The summed E-state index contributed by atoms with van der Waals surface area (Å²) < 4.78 is 49.8. The molecule has 0 atom stereocenters. The number of urea groups is 1. The minimum Gasteiger partial charge on any atom is -0.497 e. The summed E-state index contributed by atoms with van der Waals surface area (Å²) in [4.78, 5) is 21.1. The second kappa shape index (κ2) is 10.1. The molecule has 3 aromatic heterocycles. The molecule has 11 nitrogen and oxygen atoms in total. The van der Waals surface area contributed by atoms with Gasteiger partial charge in [0.25, 0.3) is 0 Å². The van der Waals surface area contributed by atoms with Crippen molar-refractivity contribution in [3.05, 3.63) is 77.9 Å². The minimum atomic E-state index is -1.03. The van der Waals surface area contributed by atoms with Crippen LogP contribution in [-0.4, -0.2) is 51.9 Å². The van der Waals surface area contributed by atoms with Crippen LogP contribution in [0.5, 0.6) is 17.2 Å². The second-order valence-corrected chi connectivity index (χ2v) is 9.35. The average molecular weight is 562 g/mol. The van der Waals surface area contributed by atoms with E-state index < -0.39 is 23.4 Å². The van der Waals surface area contributed by atoms with E-state index in [1.165, 1.54) is 30.0 Å². The SMILES string of the molecule is COc1ccc(Cn2ncc3c4c(cnc32)CN(c2c(F)c(OC)cc(OC)c2F)C(=O)N4c2cnn(C)c2)cc1. The van der Waals surface area contributed by atoms with Crippen LogP contribution in [0.2, 0.25) is 0 Å². The van der Waals surface area contributed by atoms with E-state index in [0.29, 0.717) is 34.5 Å². The van der Waals surface area contributed by atoms with E-state index in [9.17, 15) is 4.79 Å². The molecule has 0 saturated carbocycles. The number of nitrogens with zero attached hydrogens (tertiary/aromatic N) is 7. The van der Waals surface area contributed by atoms with Crippen LogP contribution in [0.4, 0.5) is 30.6 Å². The van der Waals surface area contributed by atoms with Gasteiger partial charge in [-0.3, -0.25) is 14.5 Å². The molecule has 2 aromatic carbocycles. The van der Waals surface area contributed by atoms with E-state index in [0.717, 1.165) is 22.3 Å². The van der Waals surface area contributed by atoms with E-state index in [1.54, 1.807) is 37.4 Å². The normalized spacial score (nSPS) is 13.1. The Morgan fingerprint density at radius 2 is 1.61 bits per heavy atom. The maximum atomic E-state index is 15.5. The van der Waals surface area contributed by atoms with Crippen LogP contribution in [0.25, 0.3) is 11.0 Å². The first-order valence-electron chi connectivity index (χ1n) is 12.5. The third-order valence-electron chi connectivity index (χ3n) is 6.95. The molecule has 2 amide bonds. The van der Waals surface area contributed by atoms with Gasteiger partial charge in [0, 0.05) is 31.1 Å². The van der Waals surface area contributed by atoms with Gasteiger partial charge in [-0.15, -0.1) is 0 Å². The molecule has 4 heterocycles. The number of methoxy groups -OCH3 is 3. The van der Waals surface area contributed by atoms with Crippen LogP contribution in [0.1, 0.15) is 11.1 Å². The monoisotopic (exact) mass is 561 g/mol. The molecule has 6 rings (SSSR count). The first kappa shape index (κ1) is 26.0. The molecule has 1 aliphatic rings. The number of aryl methyl sites for hydroxylation is 1. The van der Waals surface area contributed by atoms with Crippen molar-refractivity contribution in [1.29, 1.82) is 0 Å². The van der Waals surface area contributed by atoms with Crippen LogP contribution >= 0.6 is 0 Å². The van der Waals surface area contributed by atoms with Gasteiger partial charge < -0.3 is 14.2 Å². The molecule has 0 spiro atoms. The molecular formula is C28H25F2N7O4. The Hall–Kier alpha value is -5.20. The lowest BCUT2D eigenvalue weighted by Crippen LogP contribution is -2.45. The van der Waals surface area contributed by atoms with Crippen molar-refractivity contribution in [2.24, 2.45) is 7.05 Å². The summed E-state index contributed by atoms with van der Waals surface area (Å²) in [5.41, 5.74) is 2.36. The number of fused-ring (bicyclic) bond motifs is 3. The van der Waals surface area contributed by atoms with Gasteiger partial charge in [0.2, 0.25) is 0 Å². The zero-order chi connectivity index (χ0) is 28.8. The first-order chi connectivity index (χ1) is 19.8. The standard InChI is InChI=1S/C28H25F2N7O4/c1-34-15-18(11-32-34)37-25-17(14-35(28(37)38)26-23(29)21(40-3)9-22(41-4)24(26)30)10-31-27-20(25)12-33-36(27)13-16-5-7-19(39-2)8-6-16/h5-12,15H,13-14H2,1-4H3. The Kier molecular flexibility index (Phi) is 6.40. The van der Waals surface area contributed by atoms with Crippen LogP contribution in [0.15, 0.2) is 55.1 Å². The van der Waals surface area contributed by atoms with Gasteiger partial charge >= 0.3 is 6.03 Å². The van der Waals surface area contributed by atoms with Gasteiger partial charge in [-0.1, -0.05) is 12.1 Å². The Balaban J connectivity index is 1.50. The highest BCUT2D eigenvalue weighted by Gasteiger charge is 2.39. The van der Waals surface area contributed by atoms with Crippen molar-refractivity contribution in [1.82, 2.24) is 24.5 Å². The quantitative estimate of drug-likeness (QED) is 0.282. The zero-order valence-corrected chi connectivity index (χ0v) is 22.6. The molecule has 0 bridgehead atoms. The van der Waals surface area contributed by atoms with Crippen LogP contribution in [-0.2, 0) is 20.1 Å². The van der Waals surface area contributed by atoms with Gasteiger partial charge in [-0.2, -0.15) is 10.2 Å². The molecule has 0 radical (unpaired) electrons. The number of aromatic nitrogens is 5. The number of carbonyl (C=O) groups is 1. The number of ether oxygens (including phenoxy) is 3. The van der Waals surface area contributed by atoms with E-state index >= 15 is 8.78 Å². The number of halogens is 2. The van der Waals surface area contributed by atoms with Crippen molar-refractivity contribution in [2.75, 3.05) is 31.1 Å². The Morgan fingerprint density at radius 1 is 0.902 bits per heavy atom. The fourth-order valence-electron chi connectivity index (χ4n) is 4.96. The van der Waals surface area contributed by atoms with Gasteiger partial charge in [0.05, 0.1) is 63.6 Å². The maximum Gasteiger partial charge on any atom is 0.334 e. The topological polar surface area (TPSA) is 99.8 Å². The highest BCUT2D eigenvalue weighted by molar-refractivity contribution is 6.15. The van der Waals surface area contributed by atoms with E-state index in [2.05, 4.69) is 15.2 Å². The van der Waals surface area contributed by atoms with Crippen molar-refractivity contribution >= 4 is 34.1 Å². The fourth-order valence-corrected chi connectivity index (χ4v) is 4.96. The maximum absolute atomic E-state index is 15.5. The second-order valence-electron chi connectivity index (χ2n) is 9.35. The number of pyridine rings is 1. The van der Waals surface area contributed by atoms with Crippen molar-refractivity contribution in [3.63, 3.8) is 0 Å². The van der Waals surface area contributed by atoms with Crippen LogP contribution in [0.3, 0.4) is 0 Å². The highest BCUT2D eigenvalue weighted by Crippen LogP contribution is 2.44. The third-order valence-corrected chi connectivity index (χ3v) is 6.95. The number of benzene rings is 2. The molecule has 41 heavy (non-hydrogen) atoms. The number of anilines is 3. The summed E-state index contributed by atoms with van der Waals surface area (Å²) in [7, 11) is 5.81. The van der Waals surface area contributed by atoms with Crippen molar-refractivity contribution in [2.45, 2.75) is 13.1 Å². The lowest BCUT2D eigenvalue weighted by molar-refractivity contribution is 0.251. The molecule has 0 N–H and O–H groups in total. The predicted molar refractivity (Wildman–Crippen MR) is 146 cm³/mol. The van der Waals surface area contributed by atoms with E-state index in [4.69, 9.17) is 14.2 Å². The number of rotatable bonds is 7. The summed E-state index contributed by atoms with van der Waals surface area (Å²) in [6.07, 6.45) is 6.35. The van der Waals surface area contributed by atoms with Gasteiger partial charge in [-0.25, -0.2) is 23.2 Å². The summed E-state index contributed by atoms with van der Waals surface area (Å²) in [5.74, 6) is -1.86. The number of hydrogen-bond donors (Lipinski definition) is 0. The summed E-state index contributed by atoms with van der Waals surface area (Å²) >= 11 is 0. The number of amides is 2. The van der Waals surface area contributed by atoms with E-state index in [-0.39, 0.29) is 18.0 Å². The van der Waals surface area contributed by atoms with Gasteiger partial charge in [-0.05, 0) is 17.7 Å². The Labute approximate surface area is 233 Å². The fraction of sp³-hybridized carbons (Fsp3) is 0.214. The number of hydrogen-bond acceptors (Lipinski definition) is 7. The first-order valence-corrected chi connectivity index (χ1v) is 12.5. The summed E-state index contributed by atoms with van der Waals surface area (Å²) in [5, 5.41) is 9.35. The van der Waals surface area contributed by atoms with E-state index in [1.807, 2.05) is 24.3 Å². The molecule has 13 heteroatoms. The zero-order valence-electron chi connectivity index (χ0n) is 22.6. The third kappa shape index (κ3) is 4.26. The Morgan fingerprint density at radius 3 is 2.22 bits per heavy atom. The molecule has 210 valence electrons. The predicted octanol–water partition coefficient (Wildman–Crippen LogP) is 4.80. The molecule has 0 unspecified atom stereocenters. The lowest BCUT2D eigenvalue weighted by Gasteiger charge is -2.37.